The predicted molar refractivity (Wildman–Crippen MR) is 48.1 cm³/mol. The van der Waals surface area contributed by atoms with Crippen LogP contribution in [0.1, 0.15) is 25.0 Å². The lowest BCUT2D eigenvalue weighted by Gasteiger charge is -1.98. The van der Waals surface area contributed by atoms with Crippen LogP contribution >= 0.6 is 0 Å². The van der Waals surface area contributed by atoms with Crippen LogP contribution in [-0.4, -0.2) is 17.2 Å². The maximum atomic E-state index is 4.15. The molecule has 1 aliphatic rings. The van der Waals surface area contributed by atoms with E-state index in [4.69, 9.17) is 0 Å². The Bertz CT molecular complexity index is 268. The van der Waals surface area contributed by atoms with Crippen LogP contribution < -0.4 is 5.32 Å². The first-order valence-corrected chi connectivity index (χ1v) is 4.32. The van der Waals surface area contributed by atoms with E-state index in [1.165, 1.54) is 6.42 Å². The summed E-state index contributed by atoms with van der Waals surface area (Å²) < 4.78 is 0. The van der Waals surface area contributed by atoms with Gasteiger partial charge in [0.1, 0.15) is 5.82 Å². The summed E-state index contributed by atoms with van der Waals surface area (Å²) in [4.78, 5) is 0. The SMILES string of the molecule is CNc1ccc(C2CC2C)nn1. The van der Waals surface area contributed by atoms with E-state index in [1.54, 1.807) is 0 Å². The maximum Gasteiger partial charge on any atom is 0.148 e. The minimum Gasteiger partial charge on any atom is -0.372 e. The molecule has 0 radical (unpaired) electrons. The number of hydrogen-bond donors (Lipinski definition) is 1. The van der Waals surface area contributed by atoms with Crippen molar-refractivity contribution in [2.45, 2.75) is 19.3 Å². The van der Waals surface area contributed by atoms with E-state index < -0.39 is 0 Å². The average molecular weight is 163 g/mol. The number of nitrogens with zero attached hydrogens (tertiary/aromatic N) is 2. The molecule has 0 aliphatic heterocycles. The van der Waals surface area contributed by atoms with Crippen LogP contribution in [0, 0.1) is 5.92 Å². The molecule has 0 saturated heterocycles. The van der Waals surface area contributed by atoms with Crippen molar-refractivity contribution in [1.29, 1.82) is 0 Å². The zero-order valence-corrected chi connectivity index (χ0v) is 7.41. The van der Waals surface area contributed by atoms with Crippen molar-refractivity contribution < 1.29 is 0 Å². The van der Waals surface area contributed by atoms with Crippen LogP contribution in [0.3, 0.4) is 0 Å². The van der Waals surface area contributed by atoms with E-state index in [9.17, 15) is 0 Å². The highest BCUT2D eigenvalue weighted by atomic mass is 15.2. The molecule has 0 spiro atoms. The lowest BCUT2D eigenvalue weighted by molar-refractivity contribution is 0.847. The molecule has 2 unspecified atom stereocenters. The highest BCUT2D eigenvalue weighted by molar-refractivity contribution is 5.33. The Morgan fingerprint density at radius 2 is 2.17 bits per heavy atom. The number of aromatic nitrogens is 2. The minimum absolute atomic E-state index is 0.670. The third-order valence-electron chi connectivity index (χ3n) is 2.43. The third-order valence-corrected chi connectivity index (χ3v) is 2.43. The molecule has 64 valence electrons. The number of nitrogens with one attached hydrogen (secondary N) is 1. The van der Waals surface area contributed by atoms with E-state index >= 15 is 0 Å². The van der Waals surface area contributed by atoms with Gasteiger partial charge in [-0.2, -0.15) is 5.10 Å². The molecule has 1 fully saturated rings. The zero-order valence-electron chi connectivity index (χ0n) is 7.41. The quantitative estimate of drug-likeness (QED) is 0.720. The Balaban J connectivity index is 2.14. The molecule has 1 heterocycles. The van der Waals surface area contributed by atoms with Crippen molar-refractivity contribution >= 4 is 5.82 Å². The van der Waals surface area contributed by atoms with E-state index in [-0.39, 0.29) is 0 Å². The van der Waals surface area contributed by atoms with Gasteiger partial charge >= 0.3 is 0 Å². The standard InChI is InChI=1S/C9H13N3/c1-6-5-7(6)8-3-4-9(10-2)12-11-8/h3-4,6-7H,5H2,1-2H3,(H,10,12). The smallest absolute Gasteiger partial charge is 0.148 e. The fourth-order valence-electron chi connectivity index (χ4n) is 1.41. The Labute approximate surface area is 72.2 Å². The number of rotatable bonds is 2. The van der Waals surface area contributed by atoms with Gasteiger partial charge in [-0.1, -0.05) is 6.92 Å². The average Bonchev–Trinajstić information content (AvgIpc) is 2.83. The van der Waals surface area contributed by atoms with Crippen molar-refractivity contribution in [2.24, 2.45) is 5.92 Å². The van der Waals surface area contributed by atoms with Crippen LogP contribution in [0.4, 0.5) is 5.82 Å². The van der Waals surface area contributed by atoms with Gasteiger partial charge in [0.25, 0.3) is 0 Å². The molecular weight excluding hydrogens is 150 g/mol. The summed E-state index contributed by atoms with van der Waals surface area (Å²) in [5.74, 6) is 2.31. The highest BCUT2D eigenvalue weighted by Gasteiger charge is 2.35. The van der Waals surface area contributed by atoms with E-state index in [1.807, 2.05) is 13.1 Å². The molecule has 1 aromatic rings. The van der Waals surface area contributed by atoms with Gasteiger partial charge < -0.3 is 5.32 Å². The molecule has 1 saturated carbocycles. The fraction of sp³-hybridized carbons (Fsp3) is 0.556. The van der Waals surface area contributed by atoms with Gasteiger partial charge in [0.2, 0.25) is 0 Å². The van der Waals surface area contributed by atoms with Gasteiger partial charge in [0.05, 0.1) is 5.69 Å². The van der Waals surface area contributed by atoms with Crippen LogP contribution in [0.2, 0.25) is 0 Å². The van der Waals surface area contributed by atoms with Gasteiger partial charge in [-0.15, -0.1) is 5.10 Å². The second-order valence-corrected chi connectivity index (χ2v) is 3.41. The zero-order chi connectivity index (χ0) is 8.55. The summed E-state index contributed by atoms with van der Waals surface area (Å²) in [6.07, 6.45) is 1.27. The third kappa shape index (κ3) is 1.26. The minimum atomic E-state index is 0.670. The number of hydrogen-bond acceptors (Lipinski definition) is 3. The fourth-order valence-corrected chi connectivity index (χ4v) is 1.41. The molecule has 0 aromatic carbocycles. The van der Waals surface area contributed by atoms with E-state index in [2.05, 4.69) is 28.5 Å². The molecule has 2 rings (SSSR count). The Morgan fingerprint density at radius 1 is 1.42 bits per heavy atom. The van der Waals surface area contributed by atoms with Crippen LogP contribution in [-0.2, 0) is 0 Å². The molecule has 1 N–H and O–H groups in total. The monoisotopic (exact) mass is 163 g/mol. The molecule has 3 heteroatoms. The van der Waals surface area contributed by atoms with Crippen molar-refractivity contribution in [3.63, 3.8) is 0 Å². The molecular formula is C9H13N3. The summed E-state index contributed by atoms with van der Waals surface area (Å²) in [6.45, 7) is 2.25. The van der Waals surface area contributed by atoms with Crippen LogP contribution in [0.5, 0.6) is 0 Å². The first-order chi connectivity index (χ1) is 5.81. The summed E-state index contributed by atoms with van der Waals surface area (Å²) in [6, 6.07) is 4.04. The molecule has 12 heavy (non-hydrogen) atoms. The summed E-state index contributed by atoms with van der Waals surface area (Å²) in [7, 11) is 1.85. The summed E-state index contributed by atoms with van der Waals surface area (Å²) >= 11 is 0. The van der Waals surface area contributed by atoms with Crippen molar-refractivity contribution in [3.05, 3.63) is 17.8 Å². The molecule has 1 aliphatic carbocycles. The highest BCUT2D eigenvalue weighted by Crippen LogP contribution is 2.45. The predicted octanol–water partition coefficient (Wildman–Crippen LogP) is 1.64. The second kappa shape index (κ2) is 2.73. The van der Waals surface area contributed by atoms with Gasteiger partial charge in [0, 0.05) is 13.0 Å². The normalized spacial score (nSPS) is 26.8. The lowest BCUT2D eigenvalue weighted by Crippen LogP contribution is -1.96. The summed E-state index contributed by atoms with van der Waals surface area (Å²) in [5.41, 5.74) is 1.14. The Kier molecular flexibility index (Phi) is 1.71. The topological polar surface area (TPSA) is 37.8 Å². The van der Waals surface area contributed by atoms with E-state index in [0.29, 0.717) is 5.92 Å². The first kappa shape index (κ1) is 7.53. The molecule has 2 atom stereocenters. The Morgan fingerprint density at radius 3 is 2.58 bits per heavy atom. The first-order valence-electron chi connectivity index (χ1n) is 4.32. The van der Waals surface area contributed by atoms with Gasteiger partial charge in [0.15, 0.2) is 0 Å². The Hall–Kier alpha value is -1.12. The van der Waals surface area contributed by atoms with Crippen molar-refractivity contribution in [3.8, 4) is 0 Å². The molecule has 1 aromatic heterocycles. The number of anilines is 1. The summed E-state index contributed by atoms with van der Waals surface area (Å²) in [5, 5.41) is 11.1. The van der Waals surface area contributed by atoms with Gasteiger partial charge in [-0.05, 0) is 24.5 Å². The van der Waals surface area contributed by atoms with E-state index in [0.717, 1.165) is 17.4 Å². The van der Waals surface area contributed by atoms with Crippen molar-refractivity contribution in [2.75, 3.05) is 12.4 Å². The molecule has 0 bridgehead atoms. The van der Waals surface area contributed by atoms with Crippen molar-refractivity contribution in [1.82, 2.24) is 10.2 Å². The molecule has 0 amide bonds. The maximum absolute atomic E-state index is 4.15. The second-order valence-electron chi connectivity index (χ2n) is 3.41. The van der Waals surface area contributed by atoms with Gasteiger partial charge in [-0.25, -0.2) is 0 Å². The lowest BCUT2D eigenvalue weighted by atomic mass is 10.2. The van der Waals surface area contributed by atoms with Crippen LogP contribution in [0.15, 0.2) is 12.1 Å². The van der Waals surface area contributed by atoms with Gasteiger partial charge in [-0.3, -0.25) is 0 Å². The largest absolute Gasteiger partial charge is 0.372 e. The molecule has 3 nitrogen and oxygen atoms in total. The van der Waals surface area contributed by atoms with Crippen LogP contribution in [0.25, 0.3) is 0 Å².